The first-order valence-corrected chi connectivity index (χ1v) is 7.02. The molecule has 1 unspecified atom stereocenters. The fourth-order valence-corrected chi connectivity index (χ4v) is 2.97. The molecule has 0 bridgehead atoms. The molecule has 0 aliphatic heterocycles. The van der Waals surface area contributed by atoms with Gasteiger partial charge >= 0.3 is 0 Å². The summed E-state index contributed by atoms with van der Waals surface area (Å²) in [6.07, 6.45) is 3.55. The molecule has 3 atom stereocenters. The maximum atomic E-state index is 12.4. The van der Waals surface area contributed by atoms with Crippen molar-refractivity contribution in [2.45, 2.75) is 66.3 Å². The molecule has 1 rings (SSSR count). The molecular weight excluding hydrogens is 210 g/mol. The number of amides is 1. The van der Waals surface area contributed by atoms with Crippen LogP contribution in [0.25, 0.3) is 0 Å². The third-order valence-corrected chi connectivity index (χ3v) is 3.86. The van der Waals surface area contributed by atoms with Gasteiger partial charge in [0.1, 0.15) is 0 Å². The van der Waals surface area contributed by atoms with Gasteiger partial charge in [0, 0.05) is 11.5 Å². The fourth-order valence-electron chi connectivity index (χ4n) is 2.97. The van der Waals surface area contributed by atoms with Crippen molar-refractivity contribution in [2.75, 3.05) is 0 Å². The van der Waals surface area contributed by atoms with E-state index in [9.17, 15) is 4.79 Å². The zero-order valence-electron chi connectivity index (χ0n) is 12.3. The molecule has 1 fully saturated rings. The van der Waals surface area contributed by atoms with E-state index in [-0.39, 0.29) is 17.4 Å². The fraction of sp³-hybridized carbons (Fsp3) is 0.933. The van der Waals surface area contributed by atoms with Crippen LogP contribution in [0.15, 0.2) is 0 Å². The molecular formula is C15H29NO. The van der Waals surface area contributed by atoms with Crippen LogP contribution in [0, 0.1) is 23.7 Å². The lowest BCUT2D eigenvalue weighted by molar-refractivity contribution is -0.130. The van der Waals surface area contributed by atoms with Crippen molar-refractivity contribution in [2.24, 2.45) is 23.7 Å². The Balaban J connectivity index is 2.72. The number of rotatable bonds is 2. The summed E-state index contributed by atoms with van der Waals surface area (Å²) in [7, 11) is 0. The molecule has 0 spiro atoms. The highest BCUT2D eigenvalue weighted by Crippen LogP contribution is 2.38. The molecule has 0 aromatic rings. The van der Waals surface area contributed by atoms with Gasteiger partial charge in [-0.1, -0.05) is 27.2 Å². The highest BCUT2D eigenvalue weighted by molar-refractivity contribution is 5.79. The van der Waals surface area contributed by atoms with E-state index in [2.05, 4.69) is 46.9 Å². The Hall–Kier alpha value is -0.530. The Labute approximate surface area is 107 Å². The van der Waals surface area contributed by atoms with E-state index in [0.29, 0.717) is 17.8 Å². The van der Waals surface area contributed by atoms with Crippen LogP contribution in [0.5, 0.6) is 0 Å². The maximum absolute atomic E-state index is 12.4. The third kappa shape index (κ3) is 4.33. The summed E-state index contributed by atoms with van der Waals surface area (Å²) < 4.78 is 0. The Morgan fingerprint density at radius 3 is 2.29 bits per heavy atom. The van der Waals surface area contributed by atoms with Gasteiger partial charge in [0.15, 0.2) is 0 Å². The largest absolute Gasteiger partial charge is 0.351 e. The van der Waals surface area contributed by atoms with E-state index in [4.69, 9.17) is 0 Å². The van der Waals surface area contributed by atoms with Crippen LogP contribution in [0.2, 0.25) is 0 Å². The number of carbonyl (C=O) groups is 1. The lowest BCUT2D eigenvalue weighted by Gasteiger charge is -2.37. The second-order valence-corrected chi connectivity index (χ2v) is 7.17. The average Bonchev–Trinajstić information content (AvgIpc) is 2.14. The molecule has 1 amide bonds. The minimum absolute atomic E-state index is 0.112. The number of carbonyl (C=O) groups excluding carboxylic acids is 1. The van der Waals surface area contributed by atoms with Crippen LogP contribution in [-0.2, 0) is 4.79 Å². The first-order chi connectivity index (χ1) is 7.70. The molecule has 1 saturated carbocycles. The summed E-state index contributed by atoms with van der Waals surface area (Å²) in [5.74, 6) is 2.35. The molecule has 0 radical (unpaired) electrons. The third-order valence-electron chi connectivity index (χ3n) is 3.86. The minimum Gasteiger partial charge on any atom is -0.351 e. The van der Waals surface area contributed by atoms with Crippen molar-refractivity contribution in [3.8, 4) is 0 Å². The lowest BCUT2D eigenvalue weighted by Crippen LogP contribution is -2.47. The van der Waals surface area contributed by atoms with Crippen LogP contribution >= 0.6 is 0 Å². The summed E-state index contributed by atoms with van der Waals surface area (Å²) in [6, 6.07) is 0. The molecule has 0 heterocycles. The Morgan fingerprint density at radius 2 is 1.82 bits per heavy atom. The lowest BCUT2D eigenvalue weighted by atomic mass is 9.69. The van der Waals surface area contributed by atoms with Gasteiger partial charge in [-0.3, -0.25) is 4.79 Å². The molecule has 1 N–H and O–H groups in total. The molecule has 1 aliphatic carbocycles. The summed E-state index contributed by atoms with van der Waals surface area (Å²) in [6.45, 7) is 12.9. The summed E-state index contributed by atoms with van der Waals surface area (Å²) in [4.78, 5) is 12.4. The number of nitrogens with one attached hydrogen (secondary N) is 1. The van der Waals surface area contributed by atoms with Crippen LogP contribution in [-0.4, -0.2) is 11.4 Å². The summed E-state index contributed by atoms with van der Waals surface area (Å²) in [5, 5.41) is 3.16. The zero-order chi connectivity index (χ0) is 13.2. The maximum Gasteiger partial charge on any atom is 0.223 e. The molecule has 17 heavy (non-hydrogen) atoms. The monoisotopic (exact) mass is 239 g/mol. The van der Waals surface area contributed by atoms with Gasteiger partial charge in [0.2, 0.25) is 5.91 Å². The average molecular weight is 239 g/mol. The predicted molar refractivity (Wildman–Crippen MR) is 72.7 cm³/mol. The van der Waals surface area contributed by atoms with Crippen LogP contribution in [0.4, 0.5) is 0 Å². The Kier molecular flexibility index (Phi) is 4.62. The topological polar surface area (TPSA) is 29.1 Å². The standard InChI is InChI=1S/C15H29NO/c1-10(2)12-8-7-11(3)9-13(12)14(17)16-15(4,5)6/h10-13H,7-9H2,1-6H3,(H,16,17)/t11?,12-,13+/m0/s1. The van der Waals surface area contributed by atoms with Gasteiger partial charge in [-0.15, -0.1) is 0 Å². The van der Waals surface area contributed by atoms with Crippen molar-refractivity contribution in [3.05, 3.63) is 0 Å². The van der Waals surface area contributed by atoms with Crippen LogP contribution in [0.1, 0.15) is 60.8 Å². The minimum atomic E-state index is -0.112. The zero-order valence-corrected chi connectivity index (χ0v) is 12.3. The second kappa shape index (κ2) is 5.41. The van der Waals surface area contributed by atoms with E-state index in [0.717, 1.165) is 6.42 Å². The van der Waals surface area contributed by atoms with E-state index in [1.807, 2.05) is 0 Å². The molecule has 0 saturated heterocycles. The van der Waals surface area contributed by atoms with Gasteiger partial charge in [-0.25, -0.2) is 0 Å². The van der Waals surface area contributed by atoms with Gasteiger partial charge in [-0.2, -0.15) is 0 Å². The van der Waals surface area contributed by atoms with E-state index in [1.54, 1.807) is 0 Å². The van der Waals surface area contributed by atoms with Gasteiger partial charge < -0.3 is 5.32 Å². The van der Waals surface area contributed by atoms with Gasteiger partial charge in [0.05, 0.1) is 0 Å². The summed E-state index contributed by atoms with van der Waals surface area (Å²) >= 11 is 0. The van der Waals surface area contributed by atoms with Gasteiger partial charge in [-0.05, 0) is 51.4 Å². The Morgan fingerprint density at radius 1 is 1.24 bits per heavy atom. The SMILES string of the molecule is CC1CC[C@@H](C(C)C)[C@H](C(=O)NC(C)(C)C)C1. The van der Waals surface area contributed by atoms with Gasteiger partial charge in [0.25, 0.3) is 0 Å². The molecule has 100 valence electrons. The van der Waals surface area contributed by atoms with Crippen molar-refractivity contribution in [3.63, 3.8) is 0 Å². The molecule has 0 aromatic heterocycles. The van der Waals surface area contributed by atoms with Crippen LogP contribution in [0.3, 0.4) is 0 Å². The van der Waals surface area contributed by atoms with E-state index >= 15 is 0 Å². The van der Waals surface area contributed by atoms with Crippen molar-refractivity contribution >= 4 is 5.91 Å². The highest BCUT2D eigenvalue weighted by atomic mass is 16.2. The number of hydrogen-bond donors (Lipinski definition) is 1. The smallest absolute Gasteiger partial charge is 0.223 e. The van der Waals surface area contributed by atoms with Crippen molar-refractivity contribution < 1.29 is 4.79 Å². The van der Waals surface area contributed by atoms with E-state index in [1.165, 1.54) is 12.8 Å². The molecule has 2 heteroatoms. The van der Waals surface area contributed by atoms with Crippen molar-refractivity contribution in [1.82, 2.24) is 5.32 Å². The second-order valence-electron chi connectivity index (χ2n) is 7.17. The predicted octanol–water partition coefficient (Wildman–Crippen LogP) is 3.61. The van der Waals surface area contributed by atoms with E-state index < -0.39 is 0 Å². The quantitative estimate of drug-likeness (QED) is 0.783. The first-order valence-electron chi connectivity index (χ1n) is 7.02. The van der Waals surface area contributed by atoms with Crippen molar-refractivity contribution in [1.29, 1.82) is 0 Å². The van der Waals surface area contributed by atoms with Crippen LogP contribution < -0.4 is 5.32 Å². The molecule has 1 aliphatic rings. The number of hydrogen-bond acceptors (Lipinski definition) is 1. The molecule has 2 nitrogen and oxygen atoms in total. The summed E-state index contributed by atoms with van der Waals surface area (Å²) in [5.41, 5.74) is -0.112. The molecule has 0 aromatic carbocycles. The first kappa shape index (κ1) is 14.5. The highest BCUT2D eigenvalue weighted by Gasteiger charge is 2.36. The Bertz CT molecular complexity index is 265. The normalized spacial score (nSPS) is 30.4.